The minimum absolute atomic E-state index is 0.196. The predicted octanol–water partition coefficient (Wildman–Crippen LogP) is 1.56. The first kappa shape index (κ1) is 15.6. The van der Waals surface area contributed by atoms with E-state index in [1.807, 2.05) is 6.07 Å². The van der Waals surface area contributed by atoms with Crippen LogP contribution in [0.15, 0.2) is 36.5 Å². The lowest BCUT2D eigenvalue weighted by molar-refractivity contribution is -0.109. The van der Waals surface area contributed by atoms with E-state index in [1.165, 1.54) is 21.6 Å². The minimum atomic E-state index is -0.599. The van der Waals surface area contributed by atoms with E-state index in [-0.39, 0.29) is 18.8 Å². The number of aromatic nitrogens is 1. The second kappa shape index (κ2) is 6.42. The van der Waals surface area contributed by atoms with Crippen LogP contribution in [-0.4, -0.2) is 36.3 Å². The van der Waals surface area contributed by atoms with Crippen LogP contribution in [-0.2, 0) is 9.53 Å². The van der Waals surface area contributed by atoms with Crippen molar-refractivity contribution in [3.63, 3.8) is 0 Å². The molecule has 2 heterocycles. The topological polar surface area (TPSA) is 87.4 Å². The van der Waals surface area contributed by atoms with Crippen molar-refractivity contribution in [3.05, 3.63) is 48.0 Å². The van der Waals surface area contributed by atoms with Gasteiger partial charge < -0.3 is 14.6 Å². The van der Waals surface area contributed by atoms with E-state index in [9.17, 15) is 14.0 Å². The Morgan fingerprint density at radius 3 is 3.00 bits per heavy atom. The Morgan fingerprint density at radius 1 is 1.46 bits per heavy atom. The smallest absolute Gasteiger partial charge is 0.414 e. The molecule has 0 saturated carbocycles. The summed E-state index contributed by atoms with van der Waals surface area (Å²) in [6, 6.07) is 9.50. The monoisotopic (exact) mass is 328 g/mol. The summed E-state index contributed by atoms with van der Waals surface area (Å²) in [7, 11) is 0. The van der Waals surface area contributed by atoms with Crippen LogP contribution in [0.25, 0.3) is 5.69 Å². The Hall–Kier alpha value is -3.34. The van der Waals surface area contributed by atoms with E-state index in [4.69, 9.17) is 10.00 Å². The first-order valence-electron chi connectivity index (χ1n) is 7.16. The molecule has 0 spiro atoms. The van der Waals surface area contributed by atoms with E-state index in [0.29, 0.717) is 17.8 Å². The van der Waals surface area contributed by atoms with Crippen LogP contribution in [0.4, 0.5) is 14.9 Å². The molecule has 2 aromatic rings. The number of nitrogens with one attached hydrogen (secondary N) is 1. The molecule has 3 rings (SSSR count). The number of benzene rings is 1. The lowest BCUT2D eigenvalue weighted by Crippen LogP contribution is -2.30. The third kappa shape index (κ3) is 2.79. The Labute approximate surface area is 136 Å². The number of nitrogens with zero attached hydrogens (tertiary/aromatic N) is 3. The van der Waals surface area contributed by atoms with Crippen LogP contribution in [0.2, 0.25) is 0 Å². The molecular weight excluding hydrogens is 315 g/mol. The fraction of sp³-hybridized carbons (Fsp3) is 0.188. The highest BCUT2D eigenvalue weighted by Gasteiger charge is 2.32. The molecule has 7 nitrogen and oxygen atoms in total. The zero-order valence-electron chi connectivity index (χ0n) is 12.5. The number of anilines is 1. The van der Waals surface area contributed by atoms with Crippen LogP contribution in [0.1, 0.15) is 5.69 Å². The van der Waals surface area contributed by atoms with Crippen molar-refractivity contribution in [2.45, 2.75) is 6.10 Å². The Balaban J connectivity index is 1.84. The first-order chi connectivity index (χ1) is 11.6. The molecule has 8 heteroatoms. The van der Waals surface area contributed by atoms with Gasteiger partial charge in [0.1, 0.15) is 23.7 Å². The summed E-state index contributed by atoms with van der Waals surface area (Å²) in [4.78, 5) is 23.5. The number of halogens is 1. The summed E-state index contributed by atoms with van der Waals surface area (Å²) in [5, 5.41) is 11.5. The van der Waals surface area contributed by atoms with E-state index in [0.717, 1.165) is 0 Å². The van der Waals surface area contributed by atoms with Crippen molar-refractivity contribution >= 4 is 18.2 Å². The van der Waals surface area contributed by atoms with Gasteiger partial charge in [-0.1, -0.05) is 0 Å². The minimum Gasteiger partial charge on any atom is -0.442 e. The van der Waals surface area contributed by atoms with Crippen molar-refractivity contribution in [2.24, 2.45) is 0 Å². The third-order valence-electron chi connectivity index (χ3n) is 3.67. The number of nitriles is 1. The van der Waals surface area contributed by atoms with Crippen molar-refractivity contribution in [3.8, 4) is 11.8 Å². The van der Waals surface area contributed by atoms with E-state index in [2.05, 4.69) is 5.32 Å². The van der Waals surface area contributed by atoms with Gasteiger partial charge in [-0.05, 0) is 30.3 Å². The highest BCUT2D eigenvalue weighted by atomic mass is 19.1. The number of hydrogen-bond acceptors (Lipinski definition) is 4. The Kier molecular flexibility index (Phi) is 4.16. The molecule has 0 unspecified atom stereocenters. The molecule has 2 amide bonds. The zero-order chi connectivity index (χ0) is 17.1. The number of carbonyl (C=O) groups excluding carboxylic acids is 2. The molecule has 1 N–H and O–H groups in total. The van der Waals surface area contributed by atoms with Crippen LogP contribution in [0.5, 0.6) is 0 Å². The predicted molar refractivity (Wildman–Crippen MR) is 82.1 cm³/mol. The summed E-state index contributed by atoms with van der Waals surface area (Å²) in [5.41, 5.74) is 0.870. The summed E-state index contributed by atoms with van der Waals surface area (Å²) in [6.45, 7) is 0.409. The molecule has 0 bridgehead atoms. The fourth-order valence-electron chi connectivity index (χ4n) is 2.56. The molecule has 1 aromatic heterocycles. The van der Waals surface area contributed by atoms with Gasteiger partial charge in [0.2, 0.25) is 6.41 Å². The standard InChI is InChI=1S/C16H13FN4O3/c17-14-6-11(21-9-13(8-19-10-22)24-16(21)23)3-4-15(14)20-5-1-2-12(20)7-18/h1-6,10,13H,8-9H2,(H,19,22)/t13-/m0/s1. The zero-order valence-corrected chi connectivity index (χ0v) is 12.5. The summed E-state index contributed by atoms with van der Waals surface area (Å²) >= 11 is 0. The van der Waals surface area contributed by atoms with E-state index >= 15 is 0 Å². The number of rotatable bonds is 5. The maximum atomic E-state index is 14.4. The summed E-state index contributed by atoms with van der Waals surface area (Å²) in [6.07, 6.45) is 1.02. The molecule has 1 aromatic carbocycles. The molecule has 0 aliphatic carbocycles. The van der Waals surface area contributed by atoms with Gasteiger partial charge in [0.25, 0.3) is 0 Å². The van der Waals surface area contributed by atoms with Gasteiger partial charge >= 0.3 is 6.09 Å². The molecule has 1 aliphatic rings. The molecule has 0 radical (unpaired) electrons. The van der Waals surface area contributed by atoms with Crippen LogP contribution in [0.3, 0.4) is 0 Å². The number of cyclic esters (lactones) is 1. The third-order valence-corrected chi connectivity index (χ3v) is 3.67. The number of ether oxygens (including phenoxy) is 1. The normalized spacial score (nSPS) is 16.6. The Bertz CT molecular complexity index is 827. The maximum Gasteiger partial charge on any atom is 0.414 e. The van der Waals surface area contributed by atoms with Crippen molar-refractivity contribution < 1.29 is 18.7 Å². The molecular formula is C16H13FN4O3. The molecule has 1 atom stereocenters. The van der Waals surface area contributed by atoms with Crippen molar-refractivity contribution in [1.29, 1.82) is 5.26 Å². The highest BCUT2D eigenvalue weighted by Crippen LogP contribution is 2.26. The van der Waals surface area contributed by atoms with E-state index in [1.54, 1.807) is 24.4 Å². The summed E-state index contributed by atoms with van der Waals surface area (Å²) in [5.74, 6) is -0.567. The molecule has 24 heavy (non-hydrogen) atoms. The van der Waals surface area contributed by atoms with E-state index < -0.39 is 18.0 Å². The highest BCUT2D eigenvalue weighted by molar-refractivity contribution is 5.89. The number of amides is 2. The average molecular weight is 328 g/mol. The SMILES string of the molecule is N#Cc1cccn1-c1ccc(N2C[C@H](CNC=O)OC2=O)cc1F. The van der Waals surface area contributed by atoms with Crippen LogP contribution >= 0.6 is 0 Å². The van der Waals surface area contributed by atoms with Gasteiger partial charge in [0.05, 0.1) is 24.5 Å². The lowest BCUT2D eigenvalue weighted by Gasteiger charge is -2.15. The van der Waals surface area contributed by atoms with Gasteiger partial charge in [-0.25, -0.2) is 9.18 Å². The van der Waals surface area contributed by atoms with Gasteiger partial charge in [0.15, 0.2) is 0 Å². The second-order valence-electron chi connectivity index (χ2n) is 5.15. The van der Waals surface area contributed by atoms with Crippen molar-refractivity contribution in [1.82, 2.24) is 9.88 Å². The first-order valence-corrected chi connectivity index (χ1v) is 7.16. The number of carbonyl (C=O) groups is 2. The molecule has 122 valence electrons. The quantitative estimate of drug-likeness (QED) is 0.844. The van der Waals surface area contributed by atoms with Crippen molar-refractivity contribution in [2.75, 3.05) is 18.0 Å². The fourth-order valence-corrected chi connectivity index (χ4v) is 2.56. The van der Waals surface area contributed by atoms with Gasteiger partial charge in [-0.15, -0.1) is 0 Å². The summed E-state index contributed by atoms with van der Waals surface area (Å²) < 4.78 is 21.0. The van der Waals surface area contributed by atoms with Gasteiger partial charge in [-0.2, -0.15) is 5.26 Å². The van der Waals surface area contributed by atoms with Gasteiger partial charge in [-0.3, -0.25) is 9.69 Å². The molecule has 1 fully saturated rings. The Morgan fingerprint density at radius 2 is 2.29 bits per heavy atom. The van der Waals surface area contributed by atoms with Crippen LogP contribution < -0.4 is 10.2 Å². The number of hydrogen-bond donors (Lipinski definition) is 1. The second-order valence-corrected chi connectivity index (χ2v) is 5.15. The maximum absolute atomic E-state index is 14.4. The average Bonchev–Trinajstić information content (AvgIpc) is 3.19. The molecule has 1 saturated heterocycles. The largest absolute Gasteiger partial charge is 0.442 e. The molecule has 1 aliphatic heterocycles. The van der Waals surface area contributed by atoms with Gasteiger partial charge in [0, 0.05) is 6.20 Å². The lowest BCUT2D eigenvalue weighted by atomic mass is 10.2. The van der Waals surface area contributed by atoms with Crippen LogP contribution in [0, 0.1) is 17.1 Å².